The molecule has 0 aliphatic carbocycles. The van der Waals surface area contributed by atoms with Gasteiger partial charge in [-0.05, 0) is 12.1 Å². The van der Waals surface area contributed by atoms with Gasteiger partial charge in [-0.3, -0.25) is 10.1 Å². The summed E-state index contributed by atoms with van der Waals surface area (Å²) in [5, 5.41) is 15.8. The molecule has 0 aromatic carbocycles. The van der Waals surface area contributed by atoms with Crippen molar-refractivity contribution in [1.82, 2.24) is 15.2 Å². The number of nitrogens with zero attached hydrogens (tertiary/aromatic N) is 3. The van der Waals surface area contributed by atoms with Crippen LogP contribution in [0.2, 0.25) is 0 Å². The maximum Gasteiger partial charge on any atom is 0.277 e. The second-order valence-corrected chi connectivity index (χ2v) is 6.15. The zero-order chi connectivity index (χ0) is 14.8. The van der Waals surface area contributed by atoms with Crippen molar-refractivity contribution in [2.75, 3.05) is 17.7 Å². The van der Waals surface area contributed by atoms with E-state index >= 15 is 0 Å². The average molecular weight is 291 g/mol. The number of carbonyl (C=O) groups excluding carboxylic acids is 1. The molecule has 0 spiro atoms. The van der Waals surface area contributed by atoms with Gasteiger partial charge in [0.25, 0.3) is 5.91 Å². The predicted octanol–water partition coefficient (Wildman–Crippen LogP) is 2.52. The van der Waals surface area contributed by atoms with E-state index in [1.54, 1.807) is 19.2 Å². The zero-order valence-corrected chi connectivity index (χ0v) is 12.7. The van der Waals surface area contributed by atoms with Gasteiger partial charge in [0, 0.05) is 17.8 Å². The SMILES string of the molecule is CNc1ccc(C(=O)Nc2nc(C(C)(C)C)cs2)nn1. The number of hydrogen-bond donors (Lipinski definition) is 2. The van der Waals surface area contributed by atoms with Crippen LogP contribution < -0.4 is 10.6 Å². The van der Waals surface area contributed by atoms with Crippen molar-refractivity contribution in [3.63, 3.8) is 0 Å². The minimum Gasteiger partial charge on any atom is -0.372 e. The minimum absolute atomic E-state index is 0.0340. The molecule has 2 heterocycles. The van der Waals surface area contributed by atoms with E-state index in [-0.39, 0.29) is 17.0 Å². The van der Waals surface area contributed by atoms with E-state index in [9.17, 15) is 4.79 Å². The van der Waals surface area contributed by atoms with Crippen LogP contribution in [0.3, 0.4) is 0 Å². The molecule has 2 aromatic rings. The molecule has 0 aliphatic heterocycles. The Morgan fingerprint density at radius 2 is 2.00 bits per heavy atom. The molecule has 0 bridgehead atoms. The molecule has 0 aliphatic rings. The molecule has 2 rings (SSSR count). The molecule has 6 nitrogen and oxygen atoms in total. The summed E-state index contributed by atoms with van der Waals surface area (Å²) in [6, 6.07) is 3.32. The topological polar surface area (TPSA) is 79.8 Å². The lowest BCUT2D eigenvalue weighted by Crippen LogP contribution is -2.15. The normalized spacial score (nSPS) is 11.2. The van der Waals surface area contributed by atoms with Crippen LogP contribution >= 0.6 is 11.3 Å². The highest BCUT2D eigenvalue weighted by atomic mass is 32.1. The van der Waals surface area contributed by atoms with Crippen LogP contribution in [0.1, 0.15) is 37.0 Å². The molecule has 2 aromatic heterocycles. The molecule has 0 saturated heterocycles. The van der Waals surface area contributed by atoms with E-state index in [1.165, 1.54) is 11.3 Å². The van der Waals surface area contributed by atoms with Crippen molar-refractivity contribution in [1.29, 1.82) is 0 Å². The fourth-order valence-electron chi connectivity index (χ4n) is 1.42. The van der Waals surface area contributed by atoms with Crippen LogP contribution in [0.5, 0.6) is 0 Å². The maximum atomic E-state index is 12.0. The molecular formula is C13H17N5OS. The lowest BCUT2D eigenvalue weighted by molar-refractivity contribution is 0.102. The fourth-order valence-corrected chi connectivity index (χ4v) is 2.36. The van der Waals surface area contributed by atoms with Gasteiger partial charge in [-0.15, -0.1) is 21.5 Å². The van der Waals surface area contributed by atoms with Gasteiger partial charge in [0.15, 0.2) is 10.8 Å². The van der Waals surface area contributed by atoms with E-state index in [4.69, 9.17) is 0 Å². The van der Waals surface area contributed by atoms with Gasteiger partial charge in [-0.25, -0.2) is 4.98 Å². The molecule has 0 unspecified atom stereocenters. The van der Waals surface area contributed by atoms with Crippen LogP contribution in [0, 0.1) is 0 Å². The second-order valence-electron chi connectivity index (χ2n) is 5.30. The molecular weight excluding hydrogens is 274 g/mol. The molecule has 0 fully saturated rings. The standard InChI is InChI=1S/C13H17N5OS/c1-13(2,3)9-7-20-12(15-9)16-11(19)8-5-6-10(14-4)18-17-8/h5-7H,1-4H3,(H,14,18)(H,15,16,19). The smallest absolute Gasteiger partial charge is 0.277 e. The first-order chi connectivity index (χ1) is 9.40. The van der Waals surface area contributed by atoms with E-state index < -0.39 is 0 Å². The summed E-state index contributed by atoms with van der Waals surface area (Å²) in [7, 11) is 1.74. The molecule has 7 heteroatoms. The number of amides is 1. The number of aromatic nitrogens is 3. The number of thiazole rings is 1. The van der Waals surface area contributed by atoms with Crippen molar-refractivity contribution in [2.45, 2.75) is 26.2 Å². The number of carbonyl (C=O) groups is 1. The van der Waals surface area contributed by atoms with Gasteiger partial charge in [0.05, 0.1) is 5.69 Å². The predicted molar refractivity (Wildman–Crippen MR) is 80.3 cm³/mol. The van der Waals surface area contributed by atoms with Crippen LogP contribution in [0.4, 0.5) is 10.9 Å². The summed E-state index contributed by atoms with van der Waals surface area (Å²) in [5.41, 5.74) is 1.18. The Hall–Kier alpha value is -2.02. The zero-order valence-electron chi connectivity index (χ0n) is 11.9. The molecule has 0 saturated carbocycles. The van der Waals surface area contributed by atoms with Crippen LogP contribution in [0.15, 0.2) is 17.5 Å². The maximum absolute atomic E-state index is 12.0. The average Bonchev–Trinajstić information content (AvgIpc) is 2.87. The highest BCUT2D eigenvalue weighted by Gasteiger charge is 2.18. The van der Waals surface area contributed by atoms with E-state index in [1.807, 2.05) is 5.38 Å². The highest BCUT2D eigenvalue weighted by Crippen LogP contribution is 2.26. The Labute approximate surface area is 121 Å². The Kier molecular flexibility index (Phi) is 3.99. The summed E-state index contributed by atoms with van der Waals surface area (Å²) < 4.78 is 0. The third-order valence-corrected chi connectivity index (χ3v) is 3.40. The summed E-state index contributed by atoms with van der Waals surface area (Å²) >= 11 is 1.40. The molecule has 2 N–H and O–H groups in total. The van der Waals surface area contributed by atoms with Crippen molar-refractivity contribution >= 4 is 28.2 Å². The Morgan fingerprint density at radius 1 is 1.25 bits per heavy atom. The van der Waals surface area contributed by atoms with Gasteiger partial charge in [-0.1, -0.05) is 20.8 Å². The number of hydrogen-bond acceptors (Lipinski definition) is 6. The quantitative estimate of drug-likeness (QED) is 0.908. The molecule has 20 heavy (non-hydrogen) atoms. The first kappa shape index (κ1) is 14.4. The van der Waals surface area contributed by atoms with Gasteiger partial charge >= 0.3 is 0 Å². The third-order valence-electron chi connectivity index (χ3n) is 2.65. The van der Waals surface area contributed by atoms with Gasteiger partial charge in [0.1, 0.15) is 5.82 Å². The van der Waals surface area contributed by atoms with Gasteiger partial charge < -0.3 is 5.32 Å². The fraction of sp³-hybridized carbons (Fsp3) is 0.385. The lowest BCUT2D eigenvalue weighted by Gasteiger charge is -2.14. The third kappa shape index (κ3) is 3.30. The summed E-state index contributed by atoms with van der Waals surface area (Å²) in [5.74, 6) is 0.306. The van der Waals surface area contributed by atoms with Gasteiger partial charge in [0.2, 0.25) is 0 Å². The molecule has 0 atom stereocenters. The van der Waals surface area contributed by atoms with Crippen molar-refractivity contribution in [3.05, 3.63) is 28.9 Å². The first-order valence-corrected chi connectivity index (χ1v) is 7.07. The second kappa shape index (κ2) is 5.54. The summed E-state index contributed by atoms with van der Waals surface area (Å²) in [4.78, 5) is 16.4. The summed E-state index contributed by atoms with van der Waals surface area (Å²) in [6.07, 6.45) is 0. The van der Waals surface area contributed by atoms with Crippen LogP contribution in [-0.2, 0) is 5.41 Å². The van der Waals surface area contributed by atoms with E-state index in [0.29, 0.717) is 10.9 Å². The Bertz CT molecular complexity index is 600. The number of anilines is 2. The lowest BCUT2D eigenvalue weighted by atomic mass is 9.93. The number of nitrogens with one attached hydrogen (secondary N) is 2. The van der Waals surface area contributed by atoms with Crippen molar-refractivity contribution in [3.8, 4) is 0 Å². The largest absolute Gasteiger partial charge is 0.372 e. The van der Waals surface area contributed by atoms with E-state index in [2.05, 4.69) is 46.6 Å². The van der Waals surface area contributed by atoms with Crippen molar-refractivity contribution < 1.29 is 4.79 Å². The first-order valence-electron chi connectivity index (χ1n) is 6.19. The minimum atomic E-state index is -0.310. The number of rotatable bonds is 3. The van der Waals surface area contributed by atoms with Crippen molar-refractivity contribution in [2.24, 2.45) is 0 Å². The Morgan fingerprint density at radius 3 is 2.50 bits per heavy atom. The summed E-state index contributed by atoms with van der Waals surface area (Å²) in [6.45, 7) is 6.24. The monoisotopic (exact) mass is 291 g/mol. The van der Waals surface area contributed by atoms with Crippen LogP contribution in [-0.4, -0.2) is 28.1 Å². The van der Waals surface area contributed by atoms with Crippen LogP contribution in [0.25, 0.3) is 0 Å². The molecule has 106 valence electrons. The van der Waals surface area contributed by atoms with Gasteiger partial charge in [-0.2, -0.15) is 0 Å². The highest BCUT2D eigenvalue weighted by molar-refractivity contribution is 7.14. The van der Waals surface area contributed by atoms with E-state index in [0.717, 1.165) is 5.69 Å². The molecule has 0 radical (unpaired) electrons. The molecule has 1 amide bonds. The Balaban J connectivity index is 2.09.